The van der Waals surface area contributed by atoms with Crippen LogP contribution in [0.1, 0.15) is 24.2 Å². The maximum Gasteiger partial charge on any atom is 0.254 e. The van der Waals surface area contributed by atoms with Crippen molar-refractivity contribution in [3.63, 3.8) is 0 Å². The van der Waals surface area contributed by atoms with E-state index in [1.165, 1.54) is 18.0 Å². The minimum Gasteiger partial charge on any atom is -0.332 e. The van der Waals surface area contributed by atoms with Crippen LogP contribution < -0.4 is 10.6 Å². The van der Waals surface area contributed by atoms with Gasteiger partial charge in [-0.1, -0.05) is 37.0 Å². The normalized spacial score (nSPS) is 10.5. The summed E-state index contributed by atoms with van der Waals surface area (Å²) in [5.41, 5.74) is 1.51. The first kappa shape index (κ1) is 21.7. The van der Waals surface area contributed by atoms with Gasteiger partial charge in [0.2, 0.25) is 11.8 Å². The highest BCUT2D eigenvalue weighted by Gasteiger charge is 2.16. The summed E-state index contributed by atoms with van der Waals surface area (Å²) in [6.45, 7) is 3.46. The molecule has 3 amide bonds. The van der Waals surface area contributed by atoms with Crippen molar-refractivity contribution in [2.24, 2.45) is 5.92 Å². The maximum atomic E-state index is 12.5. The zero-order valence-corrected chi connectivity index (χ0v) is 17.3. The van der Waals surface area contributed by atoms with Crippen LogP contribution in [-0.2, 0) is 9.59 Å². The van der Waals surface area contributed by atoms with Gasteiger partial charge in [-0.15, -0.1) is 0 Å². The van der Waals surface area contributed by atoms with Crippen LogP contribution in [0.4, 0.5) is 11.4 Å². The van der Waals surface area contributed by atoms with Crippen molar-refractivity contribution in [3.8, 4) is 0 Å². The smallest absolute Gasteiger partial charge is 0.254 e. The lowest BCUT2D eigenvalue weighted by molar-refractivity contribution is -0.119. The van der Waals surface area contributed by atoms with Crippen LogP contribution in [0.5, 0.6) is 0 Å². The van der Waals surface area contributed by atoms with E-state index in [-0.39, 0.29) is 30.2 Å². The zero-order valence-electron chi connectivity index (χ0n) is 15.8. The fraction of sp³-hybridized carbons (Fsp3) is 0.250. The molecule has 0 radical (unpaired) electrons. The van der Waals surface area contributed by atoms with Crippen LogP contribution >= 0.6 is 23.2 Å². The van der Waals surface area contributed by atoms with Crippen molar-refractivity contribution in [3.05, 3.63) is 58.1 Å². The van der Waals surface area contributed by atoms with Gasteiger partial charge in [-0.05, 0) is 42.5 Å². The monoisotopic (exact) mass is 421 g/mol. The second-order valence-electron chi connectivity index (χ2n) is 6.56. The SMILES string of the molecule is CC(C)C(=O)Nc1ccc(C(=O)N(C)CC(=O)Nc2ccc(Cl)c(Cl)c2)cc1. The number of nitrogens with one attached hydrogen (secondary N) is 2. The van der Waals surface area contributed by atoms with E-state index in [1.807, 2.05) is 0 Å². The summed E-state index contributed by atoms with van der Waals surface area (Å²) in [6, 6.07) is 11.2. The molecule has 28 heavy (non-hydrogen) atoms. The summed E-state index contributed by atoms with van der Waals surface area (Å²) in [5.74, 6) is -0.919. The minimum absolute atomic E-state index is 0.102. The molecule has 0 saturated heterocycles. The molecule has 2 aromatic rings. The summed E-state index contributed by atoms with van der Waals surface area (Å²) in [7, 11) is 1.53. The molecule has 2 N–H and O–H groups in total. The van der Waals surface area contributed by atoms with Gasteiger partial charge in [0.15, 0.2) is 0 Å². The van der Waals surface area contributed by atoms with E-state index in [0.29, 0.717) is 27.0 Å². The van der Waals surface area contributed by atoms with Crippen LogP contribution in [-0.4, -0.2) is 36.2 Å². The highest BCUT2D eigenvalue weighted by atomic mass is 35.5. The third-order valence-electron chi connectivity index (χ3n) is 3.85. The molecule has 0 aliphatic heterocycles. The highest BCUT2D eigenvalue weighted by molar-refractivity contribution is 6.42. The molecule has 0 fully saturated rings. The number of hydrogen-bond donors (Lipinski definition) is 2. The number of halogens is 2. The molecule has 0 aliphatic carbocycles. The molecule has 0 aliphatic rings. The van der Waals surface area contributed by atoms with Crippen molar-refractivity contribution in [1.29, 1.82) is 0 Å². The fourth-order valence-electron chi connectivity index (χ4n) is 2.26. The zero-order chi connectivity index (χ0) is 20.8. The van der Waals surface area contributed by atoms with E-state index in [4.69, 9.17) is 23.2 Å². The average molecular weight is 422 g/mol. The Bertz CT molecular complexity index is 883. The Morgan fingerprint density at radius 2 is 1.54 bits per heavy atom. The highest BCUT2D eigenvalue weighted by Crippen LogP contribution is 2.25. The van der Waals surface area contributed by atoms with Crippen LogP contribution in [0, 0.1) is 5.92 Å². The summed E-state index contributed by atoms with van der Waals surface area (Å²) < 4.78 is 0. The molecule has 0 aromatic heterocycles. The maximum absolute atomic E-state index is 12.5. The number of rotatable bonds is 6. The predicted octanol–water partition coefficient (Wildman–Crippen LogP) is 4.30. The molecule has 0 atom stereocenters. The van der Waals surface area contributed by atoms with Crippen molar-refractivity contribution in [2.45, 2.75) is 13.8 Å². The quantitative estimate of drug-likeness (QED) is 0.729. The summed E-state index contributed by atoms with van der Waals surface area (Å²) >= 11 is 11.8. The van der Waals surface area contributed by atoms with Crippen LogP contribution in [0.15, 0.2) is 42.5 Å². The molecule has 0 bridgehead atoms. The van der Waals surface area contributed by atoms with Crippen molar-refractivity contribution in [1.82, 2.24) is 4.90 Å². The van der Waals surface area contributed by atoms with E-state index in [1.54, 1.807) is 50.2 Å². The number of hydrogen-bond acceptors (Lipinski definition) is 3. The Balaban J connectivity index is 1.95. The number of likely N-dealkylation sites (N-methyl/N-ethyl adjacent to an activating group) is 1. The van der Waals surface area contributed by atoms with Crippen molar-refractivity contribution >= 4 is 52.3 Å². The minimum atomic E-state index is -0.366. The Morgan fingerprint density at radius 1 is 0.929 bits per heavy atom. The van der Waals surface area contributed by atoms with E-state index in [0.717, 1.165) is 0 Å². The Morgan fingerprint density at radius 3 is 2.11 bits per heavy atom. The third kappa shape index (κ3) is 5.97. The molecule has 0 unspecified atom stereocenters. The molecular formula is C20H21Cl2N3O3. The second kappa shape index (κ2) is 9.57. The second-order valence-corrected chi connectivity index (χ2v) is 7.37. The van der Waals surface area contributed by atoms with E-state index >= 15 is 0 Å². The van der Waals surface area contributed by atoms with Gasteiger partial charge in [0.05, 0.1) is 16.6 Å². The molecule has 0 saturated carbocycles. The van der Waals surface area contributed by atoms with E-state index in [2.05, 4.69) is 10.6 Å². The van der Waals surface area contributed by atoms with Gasteiger partial charge in [0, 0.05) is 29.9 Å². The molecule has 8 heteroatoms. The third-order valence-corrected chi connectivity index (χ3v) is 4.59. The first-order valence-corrected chi connectivity index (χ1v) is 9.34. The van der Waals surface area contributed by atoms with E-state index in [9.17, 15) is 14.4 Å². The number of anilines is 2. The summed E-state index contributed by atoms with van der Waals surface area (Å²) in [5, 5.41) is 6.14. The average Bonchev–Trinajstić information content (AvgIpc) is 2.64. The molecule has 6 nitrogen and oxygen atoms in total. The van der Waals surface area contributed by atoms with Gasteiger partial charge in [0.25, 0.3) is 5.91 Å². The van der Waals surface area contributed by atoms with Gasteiger partial charge in [-0.25, -0.2) is 0 Å². The standard InChI is InChI=1S/C20H21Cl2N3O3/c1-12(2)19(27)24-14-6-4-13(5-7-14)20(28)25(3)11-18(26)23-15-8-9-16(21)17(22)10-15/h4-10,12H,11H2,1-3H3,(H,23,26)(H,24,27). The Hall–Kier alpha value is -2.57. The first-order valence-electron chi connectivity index (χ1n) is 8.58. The van der Waals surface area contributed by atoms with Crippen LogP contribution in [0.25, 0.3) is 0 Å². The Labute approximate surface area is 173 Å². The Kier molecular flexibility index (Phi) is 7.43. The van der Waals surface area contributed by atoms with Crippen LogP contribution in [0.3, 0.4) is 0 Å². The van der Waals surface area contributed by atoms with Gasteiger partial charge in [-0.3, -0.25) is 14.4 Å². The topological polar surface area (TPSA) is 78.5 Å². The molecule has 0 heterocycles. The predicted molar refractivity (Wildman–Crippen MR) is 112 cm³/mol. The summed E-state index contributed by atoms with van der Waals surface area (Å²) in [6.07, 6.45) is 0. The molecule has 2 rings (SSSR count). The molecule has 0 spiro atoms. The molecule has 2 aromatic carbocycles. The van der Waals surface area contributed by atoms with Gasteiger partial charge >= 0.3 is 0 Å². The molecular weight excluding hydrogens is 401 g/mol. The van der Waals surface area contributed by atoms with Crippen LogP contribution in [0.2, 0.25) is 10.0 Å². The number of benzene rings is 2. The number of nitrogens with zero attached hydrogens (tertiary/aromatic N) is 1. The number of carbonyl (C=O) groups is 3. The van der Waals surface area contributed by atoms with Gasteiger partial charge in [-0.2, -0.15) is 0 Å². The lowest BCUT2D eigenvalue weighted by Gasteiger charge is -2.17. The number of amides is 3. The van der Waals surface area contributed by atoms with E-state index < -0.39 is 0 Å². The number of carbonyl (C=O) groups excluding carboxylic acids is 3. The van der Waals surface area contributed by atoms with Gasteiger partial charge < -0.3 is 15.5 Å². The van der Waals surface area contributed by atoms with Crippen molar-refractivity contribution in [2.75, 3.05) is 24.2 Å². The molecule has 148 valence electrons. The summed E-state index contributed by atoms with van der Waals surface area (Å²) in [4.78, 5) is 37.7. The largest absolute Gasteiger partial charge is 0.332 e. The lowest BCUT2D eigenvalue weighted by atomic mass is 10.1. The van der Waals surface area contributed by atoms with Crippen molar-refractivity contribution < 1.29 is 14.4 Å². The first-order chi connectivity index (χ1) is 13.2. The lowest BCUT2D eigenvalue weighted by Crippen LogP contribution is -2.34. The van der Waals surface area contributed by atoms with Gasteiger partial charge in [0.1, 0.15) is 0 Å². The fourth-order valence-corrected chi connectivity index (χ4v) is 2.56.